The Morgan fingerprint density at radius 3 is 2.52 bits per heavy atom. The van der Waals surface area contributed by atoms with Gasteiger partial charge in [0.15, 0.2) is 0 Å². The van der Waals surface area contributed by atoms with Crippen molar-refractivity contribution >= 4 is 5.91 Å². The van der Waals surface area contributed by atoms with E-state index in [1.54, 1.807) is 0 Å². The molecule has 0 spiro atoms. The van der Waals surface area contributed by atoms with Crippen LogP contribution in [0.4, 0.5) is 0 Å². The highest BCUT2D eigenvalue weighted by Crippen LogP contribution is 2.29. The minimum Gasteiger partial charge on any atom is -0.342 e. The van der Waals surface area contributed by atoms with E-state index < -0.39 is 0 Å². The van der Waals surface area contributed by atoms with Crippen molar-refractivity contribution < 1.29 is 4.79 Å². The smallest absolute Gasteiger partial charge is 0.226 e. The van der Waals surface area contributed by atoms with E-state index in [0.29, 0.717) is 17.9 Å². The molecule has 3 nitrogen and oxygen atoms in total. The van der Waals surface area contributed by atoms with Crippen LogP contribution < -0.4 is 5.32 Å². The minimum absolute atomic E-state index is 0.172. The molecule has 1 amide bonds. The quantitative estimate of drug-likeness (QED) is 0.924. The zero-order valence-electron chi connectivity index (χ0n) is 13.1. The maximum absolute atomic E-state index is 12.8. The van der Waals surface area contributed by atoms with Crippen LogP contribution in [0.5, 0.6) is 0 Å². The summed E-state index contributed by atoms with van der Waals surface area (Å²) in [6, 6.07) is 9.07. The third-order valence-corrected chi connectivity index (χ3v) is 5.34. The second kappa shape index (κ2) is 6.18. The number of amides is 1. The summed E-state index contributed by atoms with van der Waals surface area (Å²) in [6.45, 7) is 4.07. The molecule has 1 N–H and O–H groups in total. The van der Waals surface area contributed by atoms with Crippen LogP contribution in [0, 0.1) is 11.8 Å². The minimum atomic E-state index is 0.172. The summed E-state index contributed by atoms with van der Waals surface area (Å²) in [7, 11) is 2.04. The first-order valence-electron chi connectivity index (χ1n) is 8.25. The van der Waals surface area contributed by atoms with Crippen molar-refractivity contribution in [3.63, 3.8) is 0 Å². The molecule has 3 rings (SSSR count). The van der Waals surface area contributed by atoms with Crippen LogP contribution in [0.1, 0.15) is 30.9 Å². The highest BCUT2D eigenvalue weighted by molar-refractivity contribution is 5.80. The Morgan fingerprint density at radius 2 is 1.95 bits per heavy atom. The third kappa shape index (κ3) is 2.84. The van der Waals surface area contributed by atoms with Gasteiger partial charge in [0.25, 0.3) is 0 Å². The van der Waals surface area contributed by atoms with Crippen LogP contribution in [0.15, 0.2) is 24.3 Å². The number of nitrogens with zero attached hydrogens (tertiary/aromatic N) is 1. The highest BCUT2D eigenvalue weighted by Gasteiger charge is 2.34. The second-order valence-corrected chi connectivity index (χ2v) is 6.51. The summed E-state index contributed by atoms with van der Waals surface area (Å²) in [4.78, 5) is 15.0. The summed E-state index contributed by atoms with van der Waals surface area (Å²) < 4.78 is 0. The monoisotopic (exact) mass is 286 g/mol. The summed E-state index contributed by atoms with van der Waals surface area (Å²) in [6.07, 6.45) is 4.08. The van der Waals surface area contributed by atoms with Gasteiger partial charge in [0.2, 0.25) is 5.91 Å². The first-order valence-corrected chi connectivity index (χ1v) is 8.25. The maximum atomic E-state index is 12.8. The van der Waals surface area contributed by atoms with Gasteiger partial charge in [-0.25, -0.2) is 0 Å². The molecule has 1 fully saturated rings. The number of hydrogen-bond donors (Lipinski definition) is 1. The first kappa shape index (κ1) is 14.6. The molecule has 2 atom stereocenters. The fourth-order valence-electron chi connectivity index (χ4n) is 4.02. The molecule has 1 aliphatic heterocycles. The lowest BCUT2D eigenvalue weighted by atomic mass is 9.89. The van der Waals surface area contributed by atoms with Gasteiger partial charge in [-0.15, -0.1) is 0 Å². The SMILES string of the molecule is CCC1CN(C(=O)C2Cc3ccccc3C2)CCC1NC. The second-order valence-electron chi connectivity index (χ2n) is 6.51. The molecule has 1 saturated heterocycles. The van der Waals surface area contributed by atoms with E-state index in [2.05, 4.69) is 41.4 Å². The average Bonchev–Trinajstić information content (AvgIpc) is 2.97. The largest absolute Gasteiger partial charge is 0.342 e. The van der Waals surface area contributed by atoms with E-state index in [1.165, 1.54) is 11.1 Å². The zero-order chi connectivity index (χ0) is 14.8. The van der Waals surface area contributed by atoms with Crippen LogP contribution in [-0.2, 0) is 17.6 Å². The van der Waals surface area contributed by atoms with E-state index in [4.69, 9.17) is 0 Å². The zero-order valence-corrected chi connectivity index (χ0v) is 13.1. The summed E-state index contributed by atoms with van der Waals surface area (Å²) in [5.41, 5.74) is 2.74. The van der Waals surface area contributed by atoms with Gasteiger partial charge < -0.3 is 10.2 Å². The normalized spacial score (nSPS) is 25.9. The molecule has 0 aromatic heterocycles. The average molecular weight is 286 g/mol. The van der Waals surface area contributed by atoms with E-state index in [0.717, 1.165) is 38.8 Å². The highest BCUT2D eigenvalue weighted by atomic mass is 16.2. The molecule has 0 bridgehead atoms. The lowest BCUT2D eigenvalue weighted by molar-refractivity contribution is -0.137. The fourth-order valence-corrected chi connectivity index (χ4v) is 4.02. The molecule has 2 unspecified atom stereocenters. The van der Waals surface area contributed by atoms with E-state index in [9.17, 15) is 4.79 Å². The molecule has 1 aromatic carbocycles. The number of fused-ring (bicyclic) bond motifs is 1. The molecule has 0 saturated carbocycles. The van der Waals surface area contributed by atoms with Crippen molar-refractivity contribution in [3.05, 3.63) is 35.4 Å². The van der Waals surface area contributed by atoms with E-state index in [1.807, 2.05) is 7.05 Å². The Hall–Kier alpha value is -1.35. The van der Waals surface area contributed by atoms with Gasteiger partial charge in [0.1, 0.15) is 0 Å². The molecule has 3 heteroatoms. The molecule has 21 heavy (non-hydrogen) atoms. The van der Waals surface area contributed by atoms with Crippen molar-refractivity contribution in [1.29, 1.82) is 0 Å². The van der Waals surface area contributed by atoms with Gasteiger partial charge in [-0.2, -0.15) is 0 Å². The Morgan fingerprint density at radius 1 is 1.29 bits per heavy atom. The summed E-state index contributed by atoms with van der Waals surface area (Å²) in [5, 5.41) is 3.41. The number of likely N-dealkylation sites (tertiary alicyclic amines) is 1. The van der Waals surface area contributed by atoms with Crippen LogP contribution in [0.25, 0.3) is 0 Å². The van der Waals surface area contributed by atoms with Crippen molar-refractivity contribution in [1.82, 2.24) is 10.2 Å². The Kier molecular flexibility index (Phi) is 4.29. The lowest BCUT2D eigenvalue weighted by Gasteiger charge is -2.39. The number of piperidine rings is 1. The Balaban J connectivity index is 1.65. The number of rotatable bonds is 3. The summed E-state index contributed by atoms with van der Waals surface area (Å²) >= 11 is 0. The van der Waals surface area contributed by atoms with Gasteiger partial charge >= 0.3 is 0 Å². The molecular formula is C18H26N2O. The number of nitrogens with one attached hydrogen (secondary N) is 1. The maximum Gasteiger partial charge on any atom is 0.226 e. The lowest BCUT2D eigenvalue weighted by Crippen LogP contribution is -2.51. The van der Waals surface area contributed by atoms with Crippen molar-refractivity contribution in [2.45, 2.75) is 38.6 Å². The number of hydrogen-bond acceptors (Lipinski definition) is 2. The van der Waals surface area contributed by atoms with Gasteiger partial charge in [-0.3, -0.25) is 4.79 Å². The van der Waals surface area contributed by atoms with Crippen molar-refractivity contribution in [2.75, 3.05) is 20.1 Å². The molecule has 1 aliphatic carbocycles. The molecule has 0 radical (unpaired) electrons. The molecule has 2 aliphatic rings. The first-order chi connectivity index (χ1) is 10.2. The van der Waals surface area contributed by atoms with Gasteiger partial charge in [0, 0.05) is 25.0 Å². The fraction of sp³-hybridized carbons (Fsp3) is 0.611. The number of carbonyl (C=O) groups is 1. The molecule has 1 aromatic rings. The number of benzene rings is 1. The topological polar surface area (TPSA) is 32.3 Å². The van der Waals surface area contributed by atoms with E-state index >= 15 is 0 Å². The van der Waals surface area contributed by atoms with E-state index in [-0.39, 0.29) is 5.92 Å². The predicted molar refractivity (Wildman–Crippen MR) is 85.2 cm³/mol. The van der Waals surface area contributed by atoms with Crippen LogP contribution >= 0.6 is 0 Å². The van der Waals surface area contributed by atoms with Gasteiger partial charge in [-0.05, 0) is 43.4 Å². The van der Waals surface area contributed by atoms with Crippen LogP contribution in [0.3, 0.4) is 0 Å². The number of carbonyl (C=O) groups excluding carboxylic acids is 1. The standard InChI is InChI=1S/C18H26N2O/c1-3-13-12-20(9-8-17(13)19-2)18(21)16-10-14-6-4-5-7-15(14)11-16/h4-7,13,16-17,19H,3,8-12H2,1-2H3. The predicted octanol–water partition coefficient (Wildman–Crippen LogP) is 2.25. The molecule has 1 heterocycles. The van der Waals surface area contributed by atoms with Crippen LogP contribution in [-0.4, -0.2) is 37.0 Å². The third-order valence-electron chi connectivity index (χ3n) is 5.34. The van der Waals surface area contributed by atoms with Gasteiger partial charge in [-0.1, -0.05) is 37.6 Å². The Bertz CT molecular complexity index is 489. The van der Waals surface area contributed by atoms with Gasteiger partial charge in [0.05, 0.1) is 0 Å². The molecule has 114 valence electrons. The molecular weight excluding hydrogens is 260 g/mol. The van der Waals surface area contributed by atoms with Crippen LogP contribution in [0.2, 0.25) is 0 Å². The van der Waals surface area contributed by atoms with Crippen molar-refractivity contribution in [2.24, 2.45) is 11.8 Å². The van der Waals surface area contributed by atoms with Crippen molar-refractivity contribution in [3.8, 4) is 0 Å². The summed E-state index contributed by atoms with van der Waals surface area (Å²) in [5.74, 6) is 1.14. The Labute approximate surface area is 127 Å².